The number of pyridine rings is 2. The van der Waals surface area contributed by atoms with E-state index in [9.17, 15) is 4.79 Å². The van der Waals surface area contributed by atoms with E-state index in [-0.39, 0.29) is 12.7 Å². The van der Waals surface area contributed by atoms with Gasteiger partial charge >= 0.3 is 0 Å². The molecule has 0 bridgehead atoms. The maximum absolute atomic E-state index is 12.6. The molecule has 29 heavy (non-hydrogen) atoms. The first-order valence-corrected chi connectivity index (χ1v) is 9.04. The molecule has 2 N–H and O–H groups in total. The van der Waals surface area contributed by atoms with Gasteiger partial charge in [-0.3, -0.25) is 9.78 Å². The SMILES string of the molecule is O=C(Nc1cccc2cccnc12)c1ccc(Nc2ccc3c(c2)OCO3)nc1. The first kappa shape index (κ1) is 17.0. The normalized spacial score (nSPS) is 12.0. The number of amides is 1. The summed E-state index contributed by atoms with van der Waals surface area (Å²) in [6.07, 6.45) is 3.24. The van der Waals surface area contributed by atoms with Crippen LogP contribution in [0.2, 0.25) is 0 Å². The van der Waals surface area contributed by atoms with Gasteiger partial charge in [-0.25, -0.2) is 4.98 Å². The van der Waals surface area contributed by atoms with Gasteiger partial charge < -0.3 is 20.1 Å². The fraction of sp³-hybridized carbons (Fsp3) is 0.0455. The zero-order valence-corrected chi connectivity index (χ0v) is 15.3. The molecule has 0 fully saturated rings. The van der Waals surface area contributed by atoms with Crippen LogP contribution >= 0.6 is 0 Å². The number of fused-ring (bicyclic) bond motifs is 2. The monoisotopic (exact) mass is 384 g/mol. The number of carbonyl (C=O) groups is 1. The van der Waals surface area contributed by atoms with Crippen molar-refractivity contribution in [2.75, 3.05) is 17.4 Å². The van der Waals surface area contributed by atoms with Crippen LogP contribution in [0.3, 0.4) is 0 Å². The molecule has 1 aliphatic rings. The van der Waals surface area contributed by atoms with Crippen molar-refractivity contribution in [3.8, 4) is 11.5 Å². The highest BCUT2D eigenvalue weighted by molar-refractivity contribution is 6.08. The number of anilines is 3. The van der Waals surface area contributed by atoms with Crippen molar-refractivity contribution < 1.29 is 14.3 Å². The topological polar surface area (TPSA) is 85.4 Å². The predicted octanol–water partition coefficient (Wildman–Crippen LogP) is 4.35. The van der Waals surface area contributed by atoms with Gasteiger partial charge in [-0.2, -0.15) is 0 Å². The zero-order valence-electron chi connectivity index (χ0n) is 15.3. The molecule has 2 aromatic carbocycles. The molecule has 0 unspecified atom stereocenters. The van der Waals surface area contributed by atoms with Crippen LogP contribution < -0.4 is 20.1 Å². The number of ether oxygens (including phenoxy) is 2. The van der Waals surface area contributed by atoms with Gasteiger partial charge in [0.15, 0.2) is 11.5 Å². The lowest BCUT2D eigenvalue weighted by Gasteiger charge is -2.09. The van der Waals surface area contributed by atoms with Crippen LogP contribution in [0.15, 0.2) is 73.1 Å². The van der Waals surface area contributed by atoms with E-state index in [0.717, 1.165) is 22.3 Å². The van der Waals surface area contributed by atoms with Crippen LogP contribution in [-0.4, -0.2) is 22.7 Å². The number of nitrogens with zero attached hydrogens (tertiary/aromatic N) is 2. The fourth-order valence-corrected chi connectivity index (χ4v) is 3.12. The van der Waals surface area contributed by atoms with Gasteiger partial charge in [0, 0.05) is 29.5 Å². The first-order valence-electron chi connectivity index (χ1n) is 9.04. The zero-order chi connectivity index (χ0) is 19.6. The summed E-state index contributed by atoms with van der Waals surface area (Å²) in [5.41, 5.74) is 2.68. The Labute approximate surface area is 166 Å². The van der Waals surface area contributed by atoms with Gasteiger partial charge in [-0.15, -0.1) is 0 Å². The molecule has 0 atom stereocenters. The molecular weight excluding hydrogens is 368 g/mol. The molecule has 7 heteroatoms. The van der Waals surface area contributed by atoms with Crippen LogP contribution in [0.4, 0.5) is 17.2 Å². The smallest absolute Gasteiger partial charge is 0.257 e. The maximum Gasteiger partial charge on any atom is 0.257 e. The Morgan fingerprint density at radius 2 is 1.83 bits per heavy atom. The average molecular weight is 384 g/mol. The van der Waals surface area contributed by atoms with Crippen LogP contribution in [0, 0.1) is 0 Å². The highest BCUT2D eigenvalue weighted by Crippen LogP contribution is 2.34. The Balaban J connectivity index is 1.31. The number of hydrogen-bond acceptors (Lipinski definition) is 6. The third-order valence-electron chi connectivity index (χ3n) is 4.55. The number of hydrogen-bond donors (Lipinski definition) is 2. The van der Waals surface area contributed by atoms with Crippen LogP contribution in [-0.2, 0) is 0 Å². The van der Waals surface area contributed by atoms with Crippen molar-refractivity contribution in [2.24, 2.45) is 0 Å². The van der Waals surface area contributed by atoms with Crippen LogP contribution in [0.25, 0.3) is 10.9 Å². The number of nitrogens with one attached hydrogen (secondary N) is 2. The van der Waals surface area contributed by atoms with Crippen molar-refractivity contribution in [2.45, 2.75) is 0 Å². The van der Waals surface area contributed by atoms with E-state index in [0.29, 0.717) is 22.8 Å². The Bertz CT molecular complexity index is 1200. The fourth-order valence-electron chi connectivity index (χ4n) is 3.12. The third kappa shape index (κ3) is 3.41. The summed E-state index contributed by atoms with van der Waals surface area (Å²) < 4.78 is 10.7. The summed E-state index contributed by atoms with van der Waals surface area (Å²) in [4.78, 5) is 21.3. The van der Waals surface area contributed by atoms with Crippen LogP contribution in [0.1, 0.15) is 10.4 Å². The highest BCUT2D eigenvalue weighted by Gasteiger charge is 2.14. The summed E-state index contributed by atoms with van der Waals surface area (Å²) >= 11 is 0. The van der Waals surface area contributed by atoms with E-state index in [4.69, 9.17) is 9.47 Å². The van der Waals surface area contributed by atoms with Gasteiger partial charge in [0.1, 0.15) is 5.82 Å². The Morgan fingerprint density at radius 3 is 2.72 bits per heavy atom. The molecule has 3 heterocycles. The minimum Gasteiger partial charge on any atom is -0.454 e. The second-order valence-corrected chi connectivity index (χ2v) is 6.46. The molecule has 2 aromatic heterocycles. The Kier molecular flexibility index (Phi) is 4.18. The molecule has 0 saturated heterocycles. The van der Waals surface area contributed by atoms with E-state index in [2.05, 4.69) is 20.6 Å². The van der Waals surface area contributed by atoms with Crippen molar-refractivity contribution in [1.29, 1.82) is 0 Å². The molecule has 0 radical (unpaired) electrons. The molecule has 7 nitrogen and oxygen atoms in total. The number of rotatable bonds is 4. The molecule has 142 valence electrons. The molecular formula is C22H16N4O3. The summed E-state index contributed by atoms with van der Waals surface area (Å²) in [5.74, 6) is 1.78. The minimum absolute atomic E-state index is 0.229. The predicted molar refractivity (Wildman–Crippen MR) is 110 cm³/mol. The minimum atomic E-state index is -0.245. The number of carbonyl (C=O) groups excluding carboxylic acids is 1. The molecule has 0 saturated carbocycles. The lowest BCUT2D eigenvalue weighted by atomic mass is 10.2. The summed E-state index contributed by atoms with van der Waals surface area (Å²) in [6.45, 7) is 0.229. The van der Waals surface area contributed by atoms with E-state index in [1.807, 2.05) is 48.5 Å². The van der Waals surface area contributed by atoms with Crippen molar-refractivity contribution in [1.82, 2.24) is 9.97 Å². The van der Waals surface area contributed by atoms with Crippen LogP contribution in [0.5, 0.6) is 11.5 Å². The average Bonchev–Trinajstić information content (AvgIpc) is 3.22. The highest BCUT2D eigenvalue weighted by atomic mass is 16.7. The second kappa shape index (κ2) is 7.12. The first-order chi connectivity index (χ1) is 14.3. The molecule has 5 rings (SSSR count). The molecule has 0 spiro atoms. The lowest BCUT2D eigenvalue weighted by Crippen LogP contribution is -2.12. The standard InChI is InChI=1S/C22H16N4O3/c27-22(26-17-5-1-3-14-4-2-10-23-21(14)17)15-6-9-20(24-12-15)25-16-7-8-18-19(11-16)29-13-28-18/h1-12H,13H2,(H,24,25)(H,26,27). The summed E-state index contributed by atoms with van der Waals surface area (Å²) in [7, 11) is 0. The van der Waals surface area contributed by atoms with Gasteiger partial charge in [-0.05, 0) is 36.4 Å². The van der Waals surface area contributed by atoms with Crippen molar-refractivity contribution >= 4 is 34.0 Å². The molecule has 1 aliphatic heterocycles. The number of para-hydroxylation sites is 1. The van der Waals surface area contributed by atoms with E-state index >= 15 is 0 Å². The van der Waals surface area contributed by atoms with Crippen molar-refractivity contribution in [3.05, 3.63) is 78.6 Å². The number of aromatic nitrogens is 2. The molecule has 1 amide bonds. The quantitative estimate of drug-likeness (QED) is 0.544. The molecule has 0 aliphatic carbocycles. The van der Waals surface area contributed by atoms with Gasteiger partial charge in [0.05, 0.1) is 16.8 Å². The lowest BCUT2D eigenvalue weighted by molar-refractivity contribution is 0.102. The van der Waals surface area contributed by atoms with E-state index in [1.165, 1.54) is 6.20 Å². The Morgan fingerprint density at radius 1 is 0.931 bits per heavy atom. The number of benzene rings is 2. The molecule has 4 aromatic rings. The van der Waals surface area contributed by atoms with E-state index < -0.39 is 0 Å². The summed E-state index contributed by atoms with van der Waals surface area (Å²) in [6, 6.07) is 18.5. The van der Waals surface area contributed by atoms with Gasteiger partial charge in [0.25, 0.3) is 5.91 Å². The summed E-state index contributed by atoms with van der Waals surface area (Å²) in [5, 5.41) is 7.06. The maximum atomic E-state index is 12.6. The van der Waals surface area contributed by atoms with Gasteiger partial charge in [0.2, 0.25) is 6.79 Å². The largest absolute Gasteiger partial charge is 0.454 e. The van der Waals surface area contributed by atoms with E-state index in [1.54, 1.807) is 18.3 Å². The Hall–Kier alpha value is -4.13. The van der Waals surface area contributed by atoms with Crippen molar-refractivity contribution in [3.63, 3.8) is 0 Å². The van der Waals surface area contributed by atoms with Gasteiger partial charge in [-0.1, -0.05) is 18.2 Å². The third-order valence-corrected chi connectivity index (χ3v) is 4.55. The second-order valence-electron chi connectivity index (χ2n) is 6.46.